The molecule has 0 aromatic carbocycles. The van der Waals surface area contributed by atoms with Crippen molar-refractivity contribution in [1.29, 1.82) is 5.26 Å². The van der Waals surface area contributed by atoms with Crippen LogP contribution in [0.1, 0.15) is 27.9 Å². The van der Waals surface area contributed by atoms with Crippen LogP contribution in [0.3, 0.4) is 0 Å². The number of likely N-dealkylation sites (N-methyl/N-ethyl adjacent to an activating group) is 1. The topological polar surface area (TPSA) is 44.0 Å². The Hall–Kier alpha value is -1.61. The lowest BCUT2D eigenvalue weighted by molar-refractivity contribution is 0.292. The summed E-state index contributed by atoms with van der Waals surface area (Å²) < 4.78 is 1.94. The van der Waals surface area contributed by atoms with Crippen molar-refractivity contribution in [2.45, 2.75) is 19.5 Å². The standard InChI is InChI=1S/C16H22N4S/c1-12-13(8-14(9-17)20(12)4)10-18-11-15(19(2)3)16-6-5-7-21-16/h5-8,15,18H,10-11H2,1-4H3/t15-/m0/s1. The molecule has 2 rings (SSSR count). The molecule has 4 nitrogen and oxygen atoms in total. The van der Waals surface area contributed by atoms with Crippen molar-refractivity contribution in [2.75, 3.05) is 20.6 Å². The second-order valence-corrected chi connectivity index (χ2v) is 6.42. The molecular weight excluding hydrogens is 280 g/mol. The average Bonchev–Trinajstić information content (AvgIpc) is 3.06. The van der Waals surface area contributed by atoms with Gasteiger partial charge in [0.25, 0.3) is 0 Å². The molecular formula is C16H22N4S. The normalized spacial score (nSPS) is 12.6. The lowest BCUT2D eigenvalue weighted by Crippen LogP contribution is -2.30. The SMILES string of the molecule is Cc1c(CNC[C@@H](c2cccs2)N(C)C)cc(C#N)n1C. The van der Waals surface area contributed by atoms with Crippen LogP contribution in [0.25, 0.3) is 0 Å². The maximum Gasteiger partial charge on any atom is 0.120 e. The molecule has 1 atom stereocenters. The van der Waals surface area contributed by atoms with Gasteiger partial charge in [0.1, 0.15) is 11.8 Å². The lowest BCUT2D eigenvalue weighted by atomic mass is 10.2. The quantitative estimate of drug-likeness (QED) is 0.892. The molecule has 2 aromatic rings. The van der Waals surface area contributed by atoms with E-state index in [0.717, 1.165) is 18.8 Å². The fourth-order valence-electron chi connectivity index (χ4n) is 2.41. The Morgan fingerprint density at radius 3 is 2.76 bits per heavy atom. The minimum absolute atomic E-state index is 0.379. The average molecular weight is 302 g/mol. The van der Waals surface area contributed by atoms with Crippen LogP contribution in [-0.2, 0) is 13.6 Å². The summed E-state index contributed by atoms with van der Waals surface area (Å²) >= 11 is 1.79. The third-order valence-electron chi connectivity index (χ3n) is 3.90. The summed E-state index contributed by atoms with van der Waals surface area (Å²) in [5.74, 6) is 0. The van der Waals surface area contributed by atoms with E-state index in [1.165, 1.54) is 10.4 Å². The van der Waals surface area contributed by atoms with E-state index >= 15 is 0 Å². The third kappa shape index (κ3) is 3.53. The van der Waals surface area contributed by atoms with Crippen LogP contribution in [-0.4, -0.2) is 30.1 Å². The smallest absolute Gasteiger partial charge is 0.120 e. The maximum atomic E-state index is 9.07. The summed E-state index contributed by atoms with van der Waals surface area (Å²) in [6.07, 6.45) is 0. The van der Waals surface area contributed by atoms with Gasteiger partial charge in [-0.2, -0.15) is 5.26 Å². The zero-order chi connectivity index (χ0) is 15.4. The Morgan fingerprint density at radius 1 is 1.48 bits per heavy atom. The van der Waals surface area contributed by atoms with Crippen LogP contribution >= 0.6 is 11.3 Å². The van der Waals surface area contributed by atoms with Gasteiger partial charge in [-0.25, -0.2) is 0 Å². The molecule has 21 heavy (non-hydrogen) atoms. The van der Waals surface area contributed by atoms with E-state index in [-0.39, 0.29) is 0 Å². The predicted molar refractivity (Wildman–Crippen MR) is 87.3 cm³/mol. The van der Waals surface area contributed by atoms with Crippen LogP contribution in [0.2, 0.25) is 0 Å². The highest BCUT2D eigenvalue weighted by molar-refractivity contribution is 7.10. The summed E-state index contributed by atoms with van der Waals surface area (Å²) in [4.78, 5) is 3.60. The second-order valence-electron chi connectivity index (χ2n) is 5.44. The molecule has 0 amide bonds. The first kappa shape index (κ1) is 15.8. The molecule has 2 heterocycles. The number of thiophene rings is 1. The molecule has 0 aliphatic carbocycles. The fourth-order valence-corrected chi connectivity index (χ4v) is 3.33. The van der Waals surface area contributed by atoms with Crippen molar-refractivity contribution in [2.24, 2.45) is 7.05 Å². The molecule has 0 bridgehead atoms. The first-order valence-corrected chi connectivity index (χ1v) is 7.88. The lowest BCUT2D eigenvalue weighted by Gasteiger charge is -2.23. The van der Waals surface area contributed by atoms with E-state index in [9.17, 15) is 0 Å². The van der Waals surface area contributed by atoms with E-state index in [1.807, 2.05) is 17.7 Å². The van der Waals surface area contributed by atoms with Gasteiger partial charge in [0.05, 0.1) is 6.04 Å². The molecule has 0 aliphatic rings. The molecule has 5 heteroatoms. The van der Waals surface area contributed by atoms with Crippen LogP contribution in [0.5, 0.6) is 0 Å². The molecule has 0 saturated heterocycles. The Morgan fingerprint density at radius 2 is 2.24 bits per heavy atom. The maximum absolute atomic E-state index is 9.07. The van der Waals surface area contributed by atoms with Crippen molar-refractivity contribution in [3.05, 3.63) is 45.4 Å². The Kier molecular flexibility index (Phi) is 5.18. The second kappa shape index (κ2) is 6.90. The summed E-state index contributed by atoms with van der Waals surface area (Å²) in [5, 5.41) is 14.7. The predicted octanol–water partition coefficient (Wildman–Crippen LogP) is 2.66. The molecule has 0 aliphatic heterocycles. The van der Waals surface area contributed by atoms with Crippen LogP contribution in [0.4, 0.5) is 0 Å². The van der Waals surface area contributed by atoms with Crippen molar-refractivity contribution >= 4 is 11.3 Å². The van der Waals surface area contributed by atoms with Gasteiger partial charge in [-0.15, -0.1) is 11.3 Å². The third-order valence-corrected chi connectivity index (χ3v) is 4.88. The van der Waals surface area contributed by atoms with Crippen molar-refractivity contribution in [3.8, 4) is 6.07 Å². The molecule has 1 N–H and O–H groups in total. The largest absolute Gasteiger partial charge is 0.340 e. The van der Waals surface area contributed by atoms with E-state index in [2.05, 4.69) is 54.8 Å². The van der Waals surface area contributed by atoms with Gasteiger partial charge in [0.2, 0.25) is 0 Å². The molecule has 0 fully saturated rings. The molecule has 0 radical (unpaired) electrons. The Balaban J connectivity index is 1.99. The van der Waals surface area contributed by atoms with Gasteiger partial charge in [-0.1, -0.05) is 6.07 Å². The molecule has 0 spiro atoms. The highest BCUT2D eigenvalue weighted by atomic mass is 32.1. The highest BCUT2D eigenvalue weighted by Crippen LogP contribution is 2.22. The Labute approximate surface area is 130 Å². The summed E-state index contributed by atoms with van der Waals surface area (Å²) in [7, 11) is 6.15. The molecule has 0 saturated carbocycles. The first-order valence-electron chi connectivity index (χ1n) is 7.00. The highest BCUT2D eigenvalue weighted by Gasteiger charge is 2.15. The number of rotatable bonds is 6. The monoisotopic (exact) mass is 302 g/mol. The number of nitriles is 1. The van der Waals surface area contributed by atoms with Crippen molar-refractivity contribution in [1.82, 2.24) is 14.8 Å². The van der Waals surface area contributed by atoms with Crippen LogP contribution in [0, 0.1) is 18.3 Å². The van der Waals surface area contributed by atoms with Crippen LogP contribution < -0.4 is 5.32 Å². The number of hydrogen-bond acceptors (Lipinski definition) is 4. The summed E-state index contributed by atoms with van der Waals surface area (Å²) in [6.45, 7) is 3.74. The van der Waals surface area contributed by atoms with Gasteiger partial charge in [0.15, 0.2) is 0 Å². The first-order chi connectivity index (χ1) is 10.0. The minimum Gasteiger partial charge on any atom is -0.340 e. The summed E-state index contributed by atoms with van der Waals surface area (Å²) in [6, 6.07) is 8.85. The van der Waals surface area contributed by atoms with E-state index < -0.39 is 0 Å². The van der Waals surface area contributed by atoms with Gasteiger partial charge >= 0.3 is 0 Å². The number of nitrogens with one attached hydrogen (secondary N) is 1. The van der Waals surface area contributed by atoms with Crippen molar-refractivity contribution in [3.63, 3.8) is 0 Å². The Bertz CT molecular complexity index is 619. The van der Waals surface area contributed by atoms with Crippen molar-refractivity contribution < 1.29 is 0 Å². The van der Waals surface area contributed by atoms with Gasteiger partial charge < -0.3 is 14.8 Å². The van der Waals surface area contributed by atoms with Gasteiger partial charge in [-0.05, 0) is 44.1 Å². The number of aromatic nitrogens is 1. The van der Waals surface area contributed by atoms with Gasteiger partial charge in [-0.3, -0.25) is 0 Å². The zero-order valence-electron chi connectivity index (χ0n) is 13.1. The van der Waals surface area contributed by atoms with E-state index in [0.29, 0.717) is 11.7 Å². The molecule has 0 unspecified atom stereocenters. The zero-order valence-corrected chi connectivity index (χ0v) is 13.9. The molecule has 112 valence electrons. The minimum atomic E-state index is 0.379. The van der Waals surface area contributed by atoms with Gasteiger partial charge in [0, 0.05) is 30.7 Å². The van der Waals surface area contributed by atoms with Crippen LogP contribution in [0.15, 0.2) is 23.6 Å². The van der Waals surface area contributed by atoms with E-state index in [1.54, 1.807) is 11.3 Å². The number of nitrogens with zero attached hydrogens (tertiary/aromatic N) is 3. The number of hydrogen-bond donors (Lipinski definition) is 1. The summed E-state index contributed by atoms with van der Waals surface area (Å²) in [5.41, 5.74) is 3.06. The molecule has 2 aromatic heterocycles. The van der Waals surface area contributed by atoms with E-state index in [4.69, 9.17) is 5.26 Å². The fraction of sp³-hybridized carbons (Fsp3) is 0.438.